The van der Waals surface area contributed by atoms with E-state index in [4.69, 9.17) is 11.6 Å². The first-order valence-electron chi connectivity index (χ1n) is 7.96. The second kappa shape index (κ2) is 8.36. The Bertz CT molecular complexity index is 850. The van der Waals surface area contributed by atoms with E-state index < -0.39 is 5.91 Å². The van der Waals surface area contributed by atoms with Crippen LogP contribution in [0.25, 0.3) is 0 Å². The first-order chi connectivity index (χ1) is 11.9. The van der Waals surface area contributed by atoms with E-state index in [9.17, 15) is 10.1 Å². The molecule has 0 radical (unpaired) electrons. The molecule has 25 heavy (non-hydrogen) atoms. The molecule has 0 fully saturated rings. The van der Waals surface area contributed by atoms with E-state index >= 15 is 0 Å². The Morgan fingerprint density at radius 2 is 1.84 bits per heavy atom. The second-order valence-corrected chi connectivity index (χ2v) is 6.33. The number of nitrogens with zero attached hydrogens (tertiary/aromatic N) is 1. The van der Waals surface area contributed by atoms with Crippen molar-refractivity contribution in [3.8, 4) is 6.07 Å². The van der Waals surface area contributed by atoms with Crippen LogP contribution in [-0.2, 0) is 4.79 Å². The summed E-state index contributed by atoms with van der Waals surface area (Å²) in [5, 5.41) is 15.7. The molecule has 128 valence electrons. The normalized spacial score (nSPS) is 11.1. The van der Waals surface area contributed by atoms with Crippen LogP contribution >= 0.6 is 11.6 Å². The van der Waals surface area contributed by atoms with Crippen molar-refractivity contribution in [1.82, 2.24) is 0 Å². The monoisotopic (exact) mass is 353 g/mol. The van der Waals surface area contributed by atoms with Gasteiger partial charge in [-0.25, -0.2) is 0 Å². The summed E-state index contributed by atoms with van der Waals surface area (Å²) < 4.78 is 0. The number of carbonyl (C=O) groups is 1. The number of carbonyl (C=O) groups excluding carboxylic acids is 1. The van der Waals surface area contributed by atoms with E-state index in [1.54, 1.807) is 18.2 Å². The van der Waals surface area contributed by atoms with Crippen LogP contribution in [0.3, 0.4) is 0 Å². The summed E-state index contributed by atoms with van der Waals surface area (Å²) in [5.74, 6) is -0.159. The number of amides is 1. The zero-order valence-electron chi connectivity index (χ0n) is 14.4. The zero-order valence-corrected chi connectivity index (χ0v) is 15.2. The molecule has 0 saturated heterocycles. The average Bonchev–Trinajstić information content (AvgIpc) is 2.59. The summed E-state index contributed by atoms with van der Waals surface area (Å²) in [6.07, 6.45) is 1.43. The van der Waals surface area contributed by atoms with Gasteiger partial charge in [0, 0.05) is 22.6 Å². The van der Waals surface area contributed by atoms with Crippen LogP contribution in [0.1, 0.15) is 30.9 Å². The van der Waals surface area contributed by atoms with E-state index in [1.807, 2.05) is 37.3 Å². The van der Waals surface area contributed by atoms with Crippen LogP contribution in [0.2, 0.25) is 5.02 Å². The fraction of sp³-hybridized carbons (Fsp3) is 0.200. The highest BCUT2D eigenvalue weighted by molar-refractivity contribution is 6.31. The Balaban J connectivity index is 2.19. The lowest BCUT2D eigenvalue weighted by molar-refractivity contribution is -0.112. The molecule has 2 rings (SSSR count). The maximum Gasteiger partial charge on any atom is 0.267 e. The van der Waals surface area contributed by atoms with E-state index in [1.165, 1.54) is 6.20 Å². The highest BCUT2D eigenvalue weighted by Gasteiger charge is 2.12. The fourth-order valence-corrected chi connectivity index (χ4v) is 2.54. The molecule has 0 aliphatic carbocycles. The smallest absolute Gasteiger partial charge is 0.267 e. The first-order valence-corrected chi connectivity index (χ1v) is 8.34. The predicted molar refractivity (Wildman–Crippen MR) is 103 cm³/mol. The summed E-state index contributed by atoms with van der Waals surface area (Å²) in [7, 11) is 0. The largest absolute Gasteiger partial charge is 0.360 e. The lowest BCUT2D eigenvalue weighted by atomic mass is 10.0. The van der Waals surface area contributed by atoms with Crippen LogP contribution in [0, 0.1) is 18.3 Å². The number of rotatable bonds is 5. The third-order valence-corrected chi connectivity index (χ3v) is 4.25. The van der Waals surface area contributed by atoms with Crippen molar-refractivity contribution in [2.45, 2.75) is 26.7 Å². The molecule has 4 nitrogen and oxygen atoms in total. The van der Waals surface area contributed by atoms with Gasteiger partial charge < -0.3 is 10.6 Å². The maximum absolute atomic E-state index is 12.4. The Morgan fingerprint density at radius 1 is 1.16 bits per heavy atom. The Morgan fingerprint density at radius 3 is 2.52 bits per heavy atom. The Hall–Kier alpha value is -2.77. The molecule has 0 spiro atoms. The molecule has 0 aromatic heterocycles. The summed E-state index contributed by atoms with van der Waals surface area (Å²) in [4.78, 5) is 12.4. The molecule has 0 aliphatic rings. The predicted octanol–water partition coefficient (Wildman–Crippen LogP) is 5.23. The molecule has 0 aliphatic heterocycles. The number of anilines is 2. The fourth-order valence-electron chi connectivity index (χ4n) is 2.36. The van der Waals surface area contributed by atoms with Gasteiger partial charge in [-0.3, -0.25) is 4.79 Å². The minimum Gasteiger partial charge on any atom is -0.360 e. The molecular weight excluding hydrogens is 334 g/mol. The molecular formula is C20H20ClN3O. The number of halogens is 1. The van der Waals surface area contributed by atoms with Crippen LogP contribution < -0.4 is 10.6 Å². The van der Waals surface area contributed by atoms with Gasteiger partial charge in [0.15, 0.2) is 0 Å². The van der Waals surface area contributed by atoms with Crippen LogP contribution in [-0.4, -0.2) is 5.91 Å². The summed E-state index contributed by atoms with van der Waals surface area (Å²) in [6.45, 7) is 5.99. The summed E-state index contributed by atoms with van der Waals surface area (Å²) in [6, 6.07) is 15.0. The minimum atomic E-state index is -0.484. The molecule has 2 aromatic carbocycles. The molecule has 0 bridgehead atoms. The van der Waals surface area contributed by atoms with E-state index in [0.717, 1.165) is 16.8 Å². The summed E-state index contributed by atoms with van der Waals surface area (Å²) in [5.41, 5.74) is 3.31. The third-order valence-electron chi connectivity index (χ3n) is 3.84. The molecule has 0 atom stereocenters. The lowest BCUT2D eigenvalue weighted by Crippen LogP contribution is -2.15. The number of hydrogen-bond donors (Lipinski definition) is 2. The van der Waals surface area contributed by atoms with E-state index in [2.05, 4.69) is 24.5 Å². The Kier molecular flexibility index (Phi) is 6.21. The zero-order chi connectivity index (χ0) is 18.4. The highest BCUT2D eigenvalue weighted by atomic mass is 35.5. The van der Waals surface area contributed by atoms with E-state index in [0.29, 0.717) is 16.6 Å². The van der Waals surface area contributed by atoms with E-state index in [-0.39, 0.29) is 5.57 Å². The third kappa shape index (κ3) is 4.62. The molecule has 2 N–H and O–H groups in total. The van der Waals surface area contributed by atoms with Crippen molar-refractivity contribution in [1.29, 1.82) is 5.26 Å². The molecule has 2 aromatic rings. The van der Waals surface area contributed by atoms with Gasteiger partial charge in [0.05, 0.1) is 0 Å². The second-order valence-electron chi connectivity index (χ2n) is 5.92. The molecule has 1 amide bonds. The van der Waals surface area contributed by atoms with Gasteiger partial charge in [-0.05, 0) is 42.2 Å². The average molecular weight is 354 g/mol. The minimum absolute atomic E-state index is 0.0158. The van der Waals surface area contributed by atoms with Gasteiger partial charge in [-0.15, -0.1) is 0 Å². The standard InChI is InChI=1S/C20H20ClN3O/c1-13(2)16-7-4-5-9-19(16)23-12-15(11-22)20(25)24-18-10-6-8-17(21)14(18)3/h4-10,12-13,23H,1-3H3,(H,24,25)/b15-12-. The topological polar surface area (TPSA) is 64.9 Å². The number of nitrogens with one attached hydrogen (secondary N) is 2. The number of benzene rings is 2. The summed E-state index contributed by atoms with van der Waals surface area (Å²) >= 11 is 6.06. The highest BCUT2D eigenvalue weighted by Crippen LogP contribution is 2.25. The number of nitriles is 1. The van der Waals surface area contributed by atoms with Gasteiger partial charge in [0.25, 0.3) is 5.91 Å². The van der Waals surface area contributed by atoms with Gasteiger partial charge in [0.2, 0.25) is 0 Å². The van der Waals surface area contributed by atoms with Crippen molar-refractivity contribution < 1.29 is 4.79 Å². The molecule has 0 unspecified atom stereocenters. The first kappa shape index (κ1) is 18.6. The molecule has 5 heteroatoms. The van der Waals surface area contributed by atoms with Crippen molar-refractivity contribution >= 4 is 28.9 Å². The van der Waals surface area contributed by atoms with Gasteiger partial charge >= 0.3 is 0 Å². The Labute approximate surface area is 153 Å². The van der Waals surface area contributed by atoms with Gasteiger partial charge in [-0.2, -0.15) is 5.26 Å². The number of para-hydroxylation sites is 1. The number of hydrogen-bond acceptors (Lipinski definition) is 3. The van der Waals surface area contributed by atoms with Gasteiger partial charge in [0.1, 0.15) is 11.6 Å². The van der Waals surface area contributed by atoms with Crippen LogP contribution in [0.15, 0.2) is 54.2 Å². The maximum atomic E-state index is 12.4. The van der Waals surface area contributed by atoms with Crippen molar-refractivity contribution in [3.05, 3.63) is 70.4 Å². The quantitative estimate of drug-likeness (QED) is 0.571. The lowest BCUT2D eigenvalue weighted by Gasteiger charge is -2.13. The van der Waals surface area contributed by atoms with Crippen LogP contribution in [0.4, 0.5) is 11.4 Å². The van der Waals surface area contributed by atoms with Crippen LogP contribution in [0.5, 0.6) is 0 Å². The van der Waals surface area contributed by atoms with Gasteiger partial charge in [-0.1, -0.05) is 49.7 Å². The van der Waals surface area contributed by atoms with Crippen molar-refractivity contribution in [3.63, 3.8) is 0 Å². The molecule has 0 saturated carbocycles. The molecule has 0 heterocycles. The van der Waals surface area contributed by atoms with Crippen molar-refractivity contribution in [2.24, 2.45) is 0 Å². The van der Waals surface area contributed by atoms with Crippen molar-refractivity contribution in [2.75, 3.05) is 10.6 Å². The SMILES string of the molecule is Cc1c(Cl)cccc1NC(=O)/C(C#N)=C\Nc1ccccc1C(C)C.